The van der Waals surface area contributed by atoms with Gasteiger partial charge in [-0.05, 0) is 13.0 Å². The van der Waals surface area contributed by atoms with E-state index in [1.165, 1.54) is 25.7 Å². The monoisotopic (exact) mass is 273 g/mol. The average molecular weight is 273 g/mol. The molecule has 4 unspecified atom stereocenters. The van der Waals surface area contributed by atoms with Crippen LogP contribution < -0.4 is 0 Å². The van der Waals surface area contributed by atoms with Crippen LogP contribution in [0.1, 0.15) is 45.4 Å². The zero-order valence-corrected chi connectivity index (χ0v) is 11.7. The summed E-state index contributed by atoms with van der Waals surface area (Å²) < 4.78 is 0. The summed E-state index contributed by atoms with van der Waals surface area (Å²) in [6.45, 7) is 3.10. The number of likely N-dealkylation sites (tertiary alicyclic amines) is 1. The third-order valence-corrected chi connectivity index (χ3v) is 3.88. The molecule has 0 aromatic carbocycles. The zero-order chi connectivity index (χ0) is 14.3. The lowest BCUT2D eigenvalue weighted by atomic mass is 9.94. The minimum absolute atomic E-state index is 0.247. The number of hydrogen-bond donors (Lipinski definition) is 3. The van der Waals surface area contributed by atoms with Gasteiger partial charge in [-0.1, -0.05) is 39.0 Å². The van der Waals surface area contributed by atoms with Crippen molar-refractivity contribution < 1.29 is 20.1 Å². The third-order valence-electron chi connectivity index (χ3n) is 3.88. The lowest BCUT2D eigenvalue weighted by molar-refractivity contribution is -0.147. The van der Waals surface area contributed by atoms with Crippen LogP contribution in [0.25, 0.3) is 0 Å². The van der Waals surface area contributed by atoms with Crippen molar-refractivity contribution in [3.8, 4) is 0 Å². The normalized spacial score (nSPS) is 32.4. The van der Waals surface area contributed by atoms with Crippen LogP contribution in [-0.4, -0.2) is 63.9 Å². The van der Waals surface area contributed by atoms with E-state index in [9.17, 15) is 20.1 Å². The Labute approximate surface area is 115 Å². The average Bonchev–Trinajstić information content (AvgIpc) is 2.40. The molecule has 0 spiro atoms. The number of unbranched alkanes of at least 4 members (excludes halogenated alkanes) is 5. The number of aldehydes is 1. The van der Waals surface area contributed by atoms with Crippen LogP contribution in [0.2, 0.25) is 0 Å². The van der Waals surface area contributed by atoms with Crippen molar-refractivity contribution in [2.24, 2.45) is 0 Å². The lowest BCUT2D eigenvalue weighted by Crippen LogP contribution is -2.61. The molecule has 1 heterocycles. The van der Waals surface area contributed by atoms with E-state index in [1.54, 1.807) is 4.90 Å². The Morgan fingerprint density at radius 1 is 1.05 bits per heavy atom. The molecular formula is C14H27NO4. The molecule has 0 saturated carbocycles. The van der Waals surface area contributed by atoms with Gasteiger partial charge in [-0.3, -0.25) is 4.90 Å². The molecule has 1 fully saturated rings. The van der Waals surface area contributed by atoms with Gasteiger partial charge in [0.05, 0.1) is 12.1 Å². The molecule has 5 nitrogen and oxygen atoms in total. The second-order valence-corrected chi connectivity index (χ2v) is 5.44. The smallest absolute Gasteiger partial charge is 0.139 e. The highest BCUT2D eigenvalue weighted by atomic mass is 16.4. The number of piperidine rings is 1. The second-order valence-electron chi connectivity index (χ2n) is 5.44. The van der Waals surface area contributed by atoms with Gasteiger partial charge >= 0.3 is 0 Å². The first-order valence-electron chi connectivity index (χ1n) is 7.35. The molecular weight excluding hydrogens is 246 g/mol. The lowest BCUT2D eigenvalue weighted by Gasteiger charge is -2.41. The van der Waals surface area contributed by atoms with Crippen LogP contribution in [0, 0.1) is 0 Å². The van der Waals surface area contributed by atoms with Crippen LogP contribution in [0.5, 0.6) is 0 Å². The van der Waals surface area contributed by atoms with Crippen molar-refractivity contribution in [2.45, 2.75) is 69.8 Å². The molecule has 4 atom stereocenters. The molecule has 0 aromatic rings. The Morgan fingerprint density at radius 2 is 1.68 bits per heavy atom. The minimum Gasteiger partial charge on any atom is -0.389 e. The number of aliphatic hydroxyl groups is 3. The number of carbonyl (C=O) groups excluding carboxylic acids is 1. The molecule has 1 saturated heterocycles. The highest BCUT2D eigenvalue weighted by Crippen LogP contribution is 2.18. The minimum atomic E-state index is -1.23. The number of β-amino-alcohol motifs (C(OH)–C–C–N with tert-alkyl or cyclic N) is 1. The van der Waals surface area contributed by atoms with Gasteiger partial charge in [-0.25, -0.2) is 0 Å². The van der Waals surface area contributed by atoms with E-state index in [0.717, 1.165) is 12.8 Å². The molecule has 1 aliphatic heterocycles. The Bertz CT molecular complexity index is 262. The number of rotatable bonds is 8. The van der Waals surface area contributed by atoms with Crippen LogP contribution in [0.4, 0.5) is 0 Å². The summed E-state index contributed by atoms with van der Waals surface area (Å²) in [6.07, 6.45) is 4.19. The van der Waals surface area contributed by atoms with Gasteiger partial charge < -0.3 is 20.1 Å². The highest BCUT2D eigenvalue weighted by Gasteiger charge is 2.40. The Kier molecular flexibility index (Phi) is 7.53. The van der Waals surface area contributed by atoms with Gasteiger partial charge in [-0.15, -0.1) is 0 Å². The van der Waals surface area contributed by atoms with Crippen molar-refractivity contribution in [3.05, 3.63) is 0 Å². The maximum absolute atomic E-state index is 11.0. The molecule has 1 rings (SSSR count). The molecule has 0 bridgehead atoms. The SMILES string of the molecule is CCCCCCCCN1CC(O)C(O)C(O)C1C=O. The maximum Gasteiger partial charge on any atom is 0.139 e. The zero-order valence-electron chi connectivity index (χ0n) is 11.7. The first kappa shape index (κ1) is 16.6. The van der Waals surface area contributed by atoms with Crippen molar-refractivity contribution in [1.29, 1.82) is 0 Å². The molecule has 5 heteroatoms. The predicted octanol–water partition coefficient (Wildman–Crippen LogP) is 0.313. The molecule has 19 heavy (non-hydrogen) atoms. The van der Waals surface area contributed by atoms with Crippen molar-refractivity contribution in [3.63, 3.8) is 0 Å². The fourth-order valence-corrected chi connectivity index (χ4v) is 2.62. The fourth-order valence-electron chi connectivity index (χ4n) is 2.62. The summed E-state index contributed by atoms with van der Waals surface area (Å²) in [4.78, 5) is 12.8. The van der Waals surface area contributed by atoms with E-state index in [4.69, 9.17) is 0 Å². The summed E-state index contributed by atoms with van der Waals surface area (Å²) >= 11 is 0. The third kappa shape index (κ3) is 4.84. The Hall–Kier alpha value is -0.490. The summed E-state index contributed by atoms with van der Waals surface area (Å²) in [7, 11) is 0. The van der Waals surface area contributed by atoms with Crippen LogP contribution >= 0.6 is 0 Å². The maximum atomic E-state index is 11.0. The fraction of sp³-hybridized carbons (Fsp3) is 0.929. The van der Waals surface area contributed by atoms with Gasteiger partial charge in [0.25, 0.3) is 0 Å². The predicted molar refractivity (Wildman–Crippen MR) is 72.8 cm³/mol. The van der Waals surface area contributed by atoms with Gasteiger partial charge in [0.15, 0.2) is 0 Å². The van der Waals surface area contributed by atoms with E-state index in [1.807, 2.05) is 0 Å². The van der Waals surface area contributed by atoms with Crippen molar-refractivity contribution >= 4 is 6.29 Å². The number of carbonyl (C=O) groups is 1. The number of hydrogen-bond acceptors (Lipinski definition) is 5. The standard InChI is InChI=1S/C14H27NO4/c1-2-3-4-5-6-7-8-15-9-12(17)14(19)13(18)11(15)10-16/h10-14,17-19H,2-9H2,1H3. The molecule has 0 aromatic heterocycles. The quantitative estimate of drug-likeness (QED) is 0.438. The van der Waals surface area contributed by atoms with Crippen molar-refractivity contribution in [2.75, 3.05) is 13.1 Å². The summed E-state index contributed by atoms with van der Waals surface area (Å²) in [6, 6.07) is -0.700. The van der Waals surface area contributed by atoms with E-state index >= 15 is 0 Å². The van der Waals surface area contributed by atoms with E-state index < -0.39 is 24.4 Å². The molecule has 0 amide bonds. The number of aliphatic hydroxyl groups excluding tert-OH is 3. The first-order chi connectivity index (χ1) is 9.11. The first-order valence-corrected chi connectivity index (χ1v) is 7.35. The molecule has 0 aliphatic carbocycles. The van der Waals surface area contributed by atoms with E-state index in [0.29, 0.717) is 12.8 Å². The number of nitrogens with zero attached hydrogens (tertiary/aromatic N) is 1. The van der Waals surface area contributed by atoms with Crippen LogP contribution in [-0.2, 0) is 4.79 Å². The van der Waals surface area contributed by atoms with Gasteiger partial charge in [0.2, 0.25) is 0 Å². The van der Waals surface area contributed by atoms with Gasteiger partial charge in [-0.2, -0.15) is 0 Å². The molecule has 1 aliphatic rings. The topological polar surface area (TPSA) is 81.0 Å². The van der Waals surface area contributed by atoms with Gasteiger partial charge in [0.1, 0.15) is 18.5 Å². The van der Waals surface area contributed by atoms with E-state index in [-0.39, 0.29) is 6.54 Å². The molecule has 3 N–H and O–H groups in total. The second kappa shape index (κ2) is 8.64. The van der Waals surface area contributed by atoms with Crippen molar-refractivity contribution in [1.82, 2.24) is 4.90 Å². The van der Waals surface area contributed by atoms with E-state index in [2.05, 4.69) is 6.92 Å². The highest BCUT2D eigenvalue weighted by molar-refractivity contribution is 5.59. The largest absolute Gasteiger partial charge is 0.389 e. The van der Waals surface area contributed by atoms with Crippen LogP contribution in [0.15, 0.2) is 0 Å². The molecule has 0 radical (unpaired) electrons. The van der Waals surface area contributed by atoms with Crippen LogP contribution in [0.3, 0.4) is 0 Å². The summed E-state index contributed by atoms with van der Waals surface area (Å²) in [5.41, 5.74) is 0. The Balaban J connectivity index is 2.32. The van der Waals surface area contributed by atoms with Gasteiger partial charge in [0, 0.05) is 6.54 Å². The summed E-state index contributed by atoms with van der Waals surface area (Å²) in [5.74, 6) is 0. The Morgan fingerprint density at radius 3 is 2.32 bits per heavy atom. The summed E-state index contributed by atoms with van der Waals surface area (Å²) in [5, 5.41) is 29.0. The molecule has 112 valence electrons.